The highest BCUT2D eigenvalue weighted by atomic mass is 35.5. The zero-order valence-corrected chi connectivity index (χ0v) is 13.0. The first-order chi connectivity index (χ1) is 10.6. The summed E-state index contributed by atoms with van der Waals surface area (Å²) in [7, 11) is 1.67. The molecule has 0 bridgehead atoms. The maximum Gasteiger partial charge on any atom is 0.226 e. The molecule has 0 heterocycles. The summed E-state index contributed by atoms with van der Waals surface area (Å²) in [4.78, 5) is 13.6. The number of carbonyl (C=O) groups excluding carboxylic acids is 1. The standard InChI is InChI=1S/C17H17ClFNO2/c1-20(10-11-22-15-8-6-14(18)7-9-15)17(21)12-13-4-2-3-5-16(13)19/h2-9H,10-12H2,1H3. The molecule has 0 radical (unpaired) electrons. The third kappa shape index (κ3) is 4.74. The molecule has 0 aromatic heterocycles. The first-order valence-electron chi connectivity index (χ1n) is 6.92. The molecule has 0 N–H and O–H groups in total. The van der Waals surface area contributed by atoms with Crippen LogP contribution in [0.2, 0.25) is 5.02 Å². The number of likely N-dealkylation sites (N-methyl/N-ethyl adjacent to an activating group) is 1. The number of rotatable bonds is 6. The van der Waals surface area contributed by atoms with Crippen LogP contribution in [0.25, 0.3) is 0 Å². The first kappa shape index (κ1) is 16.3. The van der Waals surface area contributed by atoms with Crippen LogP contribution >= 0.6 is 11.6 Å². The normalized spacial score (nSPS) is 10.3. The van der Waals surface area contributed by atoms with E-state index in [9.17, 15) is 9.18 Å². The highest BCUT2D eigenvalue weighted by molar-refractivity contribution is 6.30. The Bertz CT molecular complexity index is 631. The van der Waals surface area contributed by atoms with Crippen molar-refractivity contribution in [1.29, 1.82) is 0 Å². The summed E-state index contributed by atoms with van der Waals surface area (Å²) in [5.74, 6) is 0.186. The van der Waals surface area contributed by atoms with Crippen molar-refractivity contribution in [3.63, 3.8) is 0 Å². The molecule has 5 heteroatoms. The number of benzene rings is 2. The molecule has 2 rings (SSSR count). The van der Waals surface area contributed by atoms with E-state index in [4.69, 9.17) is 16.3 Å². The Morgan fingerprint density at radius 2 is 1.86 bits per heavy atom. The van der Waals surface area contributed by atoms with Crippen molar-refractivity contribution in [3.8, 4) is 5.75 Å². The van der Waals surface area contributed by atoms with Gasteiger partial charge in [-0.2, -0.15) is 0 Å². The van der Waals surface area contributed by atoms with Crippen LogP contribution in [-0.2, 0) is 11.2 Å². The minimum Gasteiger partial charge on any atom is -0.492 e. The van der Waals surface area contributed by atoms with Gasteiger partial charge in [0.2, 0.25) is 5.91 Å². The lowest BCUT2D eigenvalue weighted by Crippen LogP contribution is -2.32. The minimum absolute atomic E-state index is 0.0458. The number of hydrogen-bond acceptors (Lipinski definition) is 2. The maximum atomic E-state index is 13.5. The highest BCUT2D eigenvalue weighted by Crippen LogP contribution is 2.15. The Hall–Kier alpha value is -2.07. The fraction of sp³-hybridized carbons (Fsp3) is 0.235. The molecule has 1 amide bonds. The highest BCUT2D eigenvalue weighted by Gasteiger charge is 2.12. The van der Waals surface area contributed by atoms with E-state index in [0.29, 0.717) is 29.5 Å². The van der Waals surface area contributed by atoms with Gasteiger partial charge in [-0.1, -0.05) is 29.8 Å². The van der Waals surface area contributed by atoms with Gasteiger partial charge in [-0.15, -0.1) is 0 Å². The molecular formula is C17H17ClFNO2. The second-order valence-electron chi connectivity index (χ2n) is 4.89. The number of halogens is 2. The second kappa shape index (κ2) is 7.80. The zero-order valence-electron chi connectivity index (χ0n) is 12.3. The van der Waals surface area contributed by atoms with Crippen molar-refractivity contribution < 1.29 is 13.9 Å². The van der Waals surface area contributed by atoms with Gasteiger partial charge in [0.25, 0.3) is 0 Å². The number of carbonyl (C=O) groups is 1. The van der Waals surface area contributed by atoms with Crippen LogP contribution in [0.15, 0.2) is 48.5 Å². The van der Waals surface area contributed by atoms with Gasteiger partial charge in [-0.05, 0) is 35.9 Å². The molecule has 0 aliphatic heterocycles. The number of hydrogen-bond donors (Lipinski definition) is 0. The average molecular weight is 322 g/mol. The molecule has 0 aliphatic carbocycles. The Balaban J connectivity index is 1.79. The molecule has 0 unspecified atom stereocenters. The monoisotopic (exact) mass is 321 g/mol. The topological polar surface area (TPSA) is 29.5 Å². The summed E-state index contributed by atoms with van der Waals surface area (Å²) in [6.45, 7) is 0.789. The van der Waals surface area contributed by atoms with Crippen LogP contribution < -0.4 is 4.74 Å². The summed E-state index contributed by atoms with van der Waals surface area (Å²) in [6.07, 6.45) is 0.0458. The Morgan fingerprint density at radius 3 is 2.55 bits per heavy atom. The summed E-state index contributed by atoms with van der Waals surface area (Å²) in [6, 6.07) is 13.3. The largest absolute Gasteiger partial charge is 0.492 e. The Morgan fingerprint density at radius 1 is 1.18 bits per heavy atom. The van der Waals surface area contributed by atoms with E-state index >= 15 is 0 Å². The molecular weight excluding hydrogens is 305 g/mol. The van der Waals surface area contributed by atoms with E-state index in [1.807, 2.05) is 0 Å². The molecule has 116 valence electrons. The van der Waals surface area contributed by atoms with E-state index in [1.165, 1.54) is 11.0 Å². The molecule has 2 aromatic rings. The number of ether oxygens (including phenoxy) is 1. The predicted molar refractivity (Wildman–Crippen MR) is 84.7 cm³/mol. The lowest BCUT2D eigenvalue weighted by atomic mass is 10.1. The van der Waals surface area contributed by atoms with Gasteiger partial charge in [0.05, 0.1) is 13.0 Å². The summed E-state index contributed by atoms with van der Waals surface area (Å²) in [5.41, 5.74) is 0.401. The Kier molecular flexibility index (Phi) is 5.78. The van der Waals surface area contributed by atoms with Crippen molar-refractivity contribution in [2.45, 2.75) is 6.42 Å². The van der Waals surface area contributed by atoms with Crippen molar-refractivity contribution in [1.82, 2.24) is 4.90 Å². The second-order valence-corrected chi connectivity index (χ2v) is 5.32. The van der Waals surface area contributed by atoms with Crippen LogP contribution in [0.5, 0.6) is 5.75 Å². The lowest BCUT2D eigenvalue weighted by Gasteiger charge is -2.17. The smallest absolute Gasteiger partial charge is 0.226 e. The summed E-state index contributed by atoms with van der Waals surface area (Å²) >= 11 is 5.79. The fourth-order valence-electron chi connectivity index (χ4n) is 1.90. The predicted octanol–water partition coefficient (Wildman–Crippen LogP) is 3.56. The van der Waals surface area contributed by atoms with Crippen LogP contribution in [0.4, 0.5) is 4.39 Å². The molecule has 0 fully saturated rings. The third-order valence-corrected chi connectivity index (χ3v) is 3.49. The van der Waals surface area contributed by atoms with Crippen molar-refractivity contribution in [2.24, 2.45) is 0 Å². The van der Waals surface area contributed by atoms with Gasteiger partial charge >= 0.3 is 0 Å². The van der Waals surface area contributed by atoms with Crippen LogP contribution in [0.3, 0.4) is 0 Å². The van der Waals surface area contributed by atoms with Gasteiger partial charge in [0, 0.05) is 12.1 Å². The number of amides is 1. The molecule has 3 nitrogen and oxygen atoms in total. The van der Waals surface area contributed by atoms with Crippen molar-refractivity contribution in [2.75, 3.05) is 20.2 Å². The number of nitrogens with zero attached hydrogens (tertiary/aromatic N) is 1. The molecule has 2 aromatic carbocycles. The van der Waals surface area contributed by atoms with Crippen LogP contribution in [0.1, 0.15) is 5.56 Å². The molecule has 0 spiro atoms. The van der Waals surface area contributed by atoms with Crippen LogP contribution in [-0.4, -0.2) is 31.0 Å². The van der Waals surface area contributed by atoms with E-state index in [-0.39, 0.29) is 18.1 Å². The lowest BCUT2D eigenvalue weighted by molar-refractivity contribution is -0.129. The summed E-state index contributed by atoms with van der Waals surface area (Å²) in [5, 5.41) is 0.643. The quantitative estimate of drug-likeness (QED) is 0.814. The van der Waals surface area contributed by atoms with Crippen LogP contribution in [0, 0.1) is 5.82 Å². The van der Waals surface area contributed by atoms with Gasteiger partial charge in [0.1, 0.15) is 18.2 Å². The van der Waals surface area contributed by atoms with Gasteiger partial charge < -0.3 is 9.64 Å². The zero-order chi connectivity index (χ0) is 15.9. The first-order valence-corrected chi connectivity index (χ1v) is 7.30. The maximum absolute atomic E-state index is 13.5. The molecule has 22 heavy (non-hydrogen) atoms. The van der Waals surface area contributed by atoms with Crippen molar-refractivity contribution in [3.05, 3.63) is 64.9 Å². The van der Waals surface area contributed by atoms with Crippen molar-refractivity contribution >= 4 is 17.5 Å². The third-order valence-electron chi connectivity index (χ3n) is 3.23. The SMILES string of the molecule is CN(CCOc1ccc(Cl)cc1)C(=O)Cc1ccccc1F. The Labute approximate surface area is 134 Å². The van der Waals surface area contributed by atoms with E-state index in [1.54, 1.807) is 49.5 Å². The van der Waals surface area contributed by atoms with E-state index in [2.05, 4.69) is 0 Å². The summed E-state index contributed by atoms with van der Waals surface area (Å²) < 4.78 is 19.0. The van der Waals surface area contributed by atoms with Gasteiger partial charge in [0.15, 0.2) is 0 Å². The molecule has 0 atom stereocenters. The average Bonchev–Trinajstić information content (AvgIpc) is 2.51. The molecule has 0 aliphatic rings. The molecule has 0 saturated heterocycles. The fourth-order valence-corrected chi connectivity index (χ4v) is 2.02. The molecule has 0 saturated carbocycles. The van der Waals surface area contributed by atoms with E-state index in [0.717, 1.165) is 0 Å². The van der Waals surface area contributed by atoms with E-state index < -0.39 is 0 Å². The van der Waals surface area contributed by atoms with Gasteiger partial charge in [-0.25, -0.2) is 4.39 Å². The van der Waals surface area contributed by atoms with Gasteiger partial charge in [-0.3, -0.25) is 4.79 Å². The minimum atomic E-state index is -0.360.